The van der Waals surface area contributed by atoms with Crippen molar-refractivity contribution in [1.29, 1.82) is 0 Å². The number of carbonyl (C=O) groups is 2. The van der Waals surface area contributed by atoms with Crippen LogP contribution >= 0.6 is 11.6 Å². The first-order valence-corrected chi connectivity index (χ1v) is 7.64. The molecule has 1 N–H and O–H groups in total. The summed E-state index contributed by atoms with van der Waals surface area (Å²) in [6.45, 7) is 4.35. The minimum atomic E-state index is -0.424. The van der Waals surface area contributed by atoms with Crippen LogP contribution in [0.5, 0.6) is 0 Å². The topological polar surface area (TPSA) is 67.2 Å². The summed E-state index contributed by atoms with van der Waals surface area (Å²) in [4.78, 5) is 25.8. The normalized spacial score (nSPS) is 19.0. The lowest BCUT2D eigenvalue weighted by Crippen LogP contribution is -2.57. The van der Waals surface area contributed by atoms with Crippen LogP contribution in [0.3, 0.4) is 0 Å². The second kappa shape index (κ2) is 6.47. The van der Waals surface area contributed by atoms with Gasteiger partial charge in [-0.1, -0.05) is 31.9 Å². The van der Waals surface area contributed by atoms with E-state index in [1.165, 1.54) is 0 Å². The molecule has 0 aliphatic carbocycles. The van der Waals surface area contributed by atoms with Crippen LogP contribution in [0.1, 0.15) is 38.1 Å². The molecule has 1 aromatic heterocycles. The highest BCUT2D eigenvalue weighted by molar-refractivity contribution is 6.31. The number of aromatic nitrogens is 2. The molecule has 0 spiro atoms. The number of aryl methyl sites for hydroxylation is 2. The Kier molecular flexibility index (Phi) is 4.88. The van der Waals surface area contributed by atoms with Crippen LogP contribution in [0, 0.1) is 0 Å². The van der Waals surface area contributed by atoms with E-state index < -0.39 is 6.04 Å². The highest BCUT2D eigenvalue weighted by Crippen LogP contribution is 2.24. The van der Waals surface area contributed by atoms with Crippen LogP contribution in [-0.4, -0.2) is 39.1 Å². The molecule has 1 saturated heterocycles. The molecular weight excluding hydrogens is 292 g/mol. The number of rotatable bonds is 5. The molecule has 21 heavy (non-hydrogen) atoms. The zero-order valence-corrected chi connectivity index (χ0v) is 13.4. The molecule has 0 aromatic carbocycles. The molecule has 2 rings (SSSR count). The summed E-state index contributed by atoms with van der Waals surface area (Å²) in [5.41, 5.74) is 1.59. The maximum Gasteiger partial charge on any atom is 0.243 e. The van der Waals surface area contributed by atoms with E-state index in [1.54, 1.807) is 9.58 Å². The maximum absolute atomic E-state index is 12.2. The van der Waals surface area contributed by atoms with Gasteiger partial charge < -0.3 is 10.2 Å². The van der Waals surface area contributed by atoms with E-state index >= 15 is 0 Å². The molecule has 1 unspecified atom stereocenters. The summed E-state index contributed by atoms with van der Waals surface area (Å²) in [6, 6.07) is -0.424. The van der Waals surface area contributed by atoms with Gasteiger partial charge in [0.05, 0.1) is 29.5 Å². The first-order valence-electron chi connectivity index (χ1n) is 7.27. The number of amides is 2. The van der Waals surface area contributed by atoms with E-state index in [4.69, 9.17) is 11.6 Å². The van der Waals surface area contributed by atoms with Gasteiger partial charge in [0.25, 0.3) is 0 Å². The fourth-order valence-corrected chi connectivity index (χ4v) is 2.96. The van der Waals surface area contributed by atoms with E-state index in [-0.39, 0.29) is 18.4 Å². The van der Waals surface area contributed by atoms with Gasteiger partial charge in [0.15, 0.2) is 0 Å². The van der Waals surface area contributed by atoms with E-state index in [0.29, 0.717) is 18.0 Å². The summed E-state index contributed by atoms with van der Waals surface area (Å²) in [7, 11) is 1.81. The fourth-order valence-electron chi connectivity index (χ4n) is 2.61. The van der Waals surface area contributed by atoms with Gasteiger partial charge in [0, 0.05) is 7.05 Å². The molecule has 1 aromatic rings. The second-order valence-corrected chi connectivity index (χ2v) is 5.61. The summed E-state index contributed by atoms with van der Waals surface area (Å²) in [5, 5.41) is 7.59. The minimum Gasteiger partial charge on any atom is -0.345 e. The Bertz CT molecular complexity index is 555. The maximum atomic E-state index is 12.2. The quantitative estimate of drug-likeness (QED) is 0.890. The third-order valence-corrected chi connectivity index (χ3v) is 4.23. The van der Waals surface area contributed by atoms with Gasteiger partial charge in [0.2, 0.25) is 11.8 Å². The number of hydrogen-bond acceptors (Lipinski definition) is 3. The van der Waals surface area contributed by atoms with Crippen molar-refractivity contribution in [3.63, 3.8) is 0 Å². The van der Waals surface area contributed by atoms with Gasteiger partial charge in [-0.05, 0) is 12.8 Å². The monoisotopic (exact) mass is 312 g/mol. The predicted molar refractivity (Wildman–Crippen MR) is 79.9 cm³/mol. The molecular formula is C14H21ClN4O2. The molecule has 1 fully saturated rings. The molecule has 2 heterocycles. The standard InChI is InChI=1S/C14H21ClN4O2/c1-4-6-10-14(21)16-7-12(20)19(10)8-11-13(15)9(5-2)17-18(11)3/h10H,4-8H2,1-3H3,(H,16,21). The zero-order chi connectivity index (χ0) is 15.6. The summed E-state index contributed by atoms with van der Waals surface area (Å²) < 4.78 is 1.70. The van der Waals surface area contributed by atoms with E-state index in [1.807, 2.05) is 20.9 Å². The molecule has 0 saturated carbocycles. The lowest BCUT2D eigenvalue weighted by Gasteiger charge is -2.34. The summed E-state index contributed by atoms with van der Waals surface area (Å²) in [6.07, 6.45) is 2.22. The first kappa shape index (κ1) is 15.8. The van der Waals surface area contributed by atoms with E-state index in [2.05, 4.69) is 10.4 Å². The molecule has 0 radical (unpaired) electrons. The van der Waals surface area contributed by atoms with Gasteiger partial charge in [-0.2, -0.15) is 5.10 Å². The van der Waals surface area contributed by atoms with Gasteiger partial charge in [-0.15, -0.1) is 0 Å². The lowest BCUT2D eigenvalue weighted by molar-refractivity contribution is -0.146. The van der Waals surface area contributed by atoms with Gasteiger partial charge in [0.1, 0.15) is 6.04 Å². The van der Waals surface area contributed by atoms with Crippen LogP contribution in [0.15, 0.2) is 0 Å². The summed E-state index contributed by atoms with van der Waals surface area (Å²) >= 11 is 6.34. The number of halogens is 1. The van der Waals surface area contributed by atoms with Crippen LogP contribution < -0.4 is 5.32 Å². The summed E-state index contributed by atoms with van der Waals surface area (Å²) in [5.74, 6) is -0.172. The van der Waals surface area contributed by atoms with Crippen LogP contribution in [-0.2, 0) is 29.6 Å². The molecule has 6 nitrogen and oxygen atoms in total. The third-order valence-electron chi connectivity index (χ3n) is 3.80. The predicted octanol–water partition coefficient (Wildman–Crippen LogP) is 1.26. The molecule has 1 aliphatic heterocycles. The average molecular weight is 313 g/mol. The van der Waals surface area contributed by atoms with Crippen molar-refractivity contribution >= 4 is 23.4 Å². The van der Waals surface area contributed by atoms with Crippen LogP contribution in [0.2, 0.25) is 5.02 Å². The van der Waals surface area contributed by atoms with Gasteiger partial charge in [-0.25, -0.2) is 0 Å². The number of nitrogens with zero attached hydrogens (tertiary/aromatic N) is 3. The first-order chi connectivity index (χ1) is 9.99. The van der Waals surface area contributed by atoms with Crippen molar-refractivity contribution in [3.8, 4) is 0 Å². The molecule has 7 heteroatoms. The van der Waals surface area contributed by atoms with Gasteiger partial charge >= 0.3 is 0 Å². The molecule has 1 atom stereocenters. The largest absolute Gasteiger partial charge is 0.345 e. The number of carbonyl (C=O) groups excluding carboxylic acids is 2. The second-order valence-electron chi connectivity index (χ2n) is 5.23. The Hall–Kier alpha value is -1.56. The highest BCUT2D eigenvalue weighted by atomic mass is 35.5. The minimum absolute atomic E-state index is 0.0507. The van der Waals surface area contributed by atoms with Crippen molar-refractivity contribution < 1.29 is 9.59 Å². The highest BCUT2D eigenvalue weighted by Gasteiger charge is 2.34. The van der Waals surface area contributed by atoms with Gasteiger partial charge in [-0.3, -0.25) is 14.3 Å². The smallest absolute Gasteiger partial charge is 0.243 e. The Morgan fingerprint density at radius 2 is 2.10 bits per heavy atom. The number of nitrogens with one attached hydrogen (secondary N) is 1. The van der Waals surface area contributed by atoms with Crippen molar-refractivity contribution in [2.45, 2.75) is 45.7 Å². The molecule has 2 amide bonds. The molecule has 1 aliphatic rings. The lowest BCUT2D eigenvalue weighted by atomic mass is 10.1. The number of piperazine rings is 1. The SMILES string of the molecule is CCCC1C(=O)NCC(=O)N1Cc1c(Cl)c(CC)nn1C. The van der Waals surface area contributed by atoms with Crippen molar-refractivity contribution in [3.05, 3.63) is 16.4 Å². The van der Waals surface area contributed by atoms with E-state index in [9.17, 15) is 9.59 Å². The Morgan fingerprint density at radius 1 is 1.38 bits per heavy atom. The number of hydrogen-bond donors (Lipinski definition) is 1. The third kappa shape index (κ3) is 3.05. The molecule has 0 bridgehead atoms. The Morgan fingerprint density at radius 3 is 2.67 bits per heavy atom. The fraction of sp³-hybridized carbons (Fsp3) is 0.643. The molecule has 116 valence electrons. The van der Waals surface area contributed by atoms with Crippen molar-refractivity contribution in [2.24, 2.45) is 7.05 Å². The van der Waals surface area contributed by atoms with Crippen LogP contribution in [0.25, 0.3) is 0 Å². The van der Waals surface area contributed by atoms with Crippen molar-refractivity contribution in [1.82, 2.24) is 20.0 Å². The Balaban J connectivity index is 2.28. The average Bonchev–Trinajstić information content (AvgIpc) is 2.73. The van der Waals surface area contributed by atoms with E-state index in [0.717, 1.165) is 24.2 Å². The van der Waals surface area contributed by atoms with Crippen LogP contribution in [0.4, 0.5) is 0 Å². The Labute approximate surface area is 129 Å². The zero-order valence-electron chi connectivity index (χ0n) is 12.6. The van der Waals surface area contributed by atoms with Crippen molar-refractivity contribution in [2.75, 3.05) is 6.54 Å².